The fourth-order valence-corrected chi connectivity index (χ4v) is 10.0. The minimum Gasteiger partial charge on any atom is -0.316 e. The van der Waals surface area contributed by atoms with Gasteiger partial charge in [0, 0.05) is 40.9 Å². The van der Waals surface area contributed by atoms with Crippen LogP contribution in [-0.4, -0.2) is 37.1 Å². The summed E-state index contributed by atoms with van der Waals surface area (Å²) in [6.45, 7) is 10.3. The van der Waals surface area contributed by atoms with Crippen molar-refractivity contribution >= 4 is 32.1 Å². The molecular weight excluding hydrogens is 502 g/mol. The second kappa shape index (κ2) is 9.52. The third-order valence-corrected chi connectivity index (χ3v) is 11.8. The van der Waals surface area contributed by atoms with Crippen LogP contribution in [0.25, 0.3) is 0 Å². The standard InChI is InChI=1S/C29H37N3O3S2/c1-28(2)18-37(34,35)25-11-10-20(12-23(25)28)13-26(33)31-27-21(15-30)22-17-32(16-19-8-6-5-7-9-19)29(3,4)14-24(22)36-27/h10-12,19H,5-9,13-14,16-18H2,1-4H3,(H,31,33). The number of nitrogens with one attached hydrogen (secondary N) is 1. The van der Waals surface area contributed by atoms with Crippen LogP contribution in [0.2, 0.25) is 0 Å². The van der Waals surface area contributed by atoms with Gasteiger partial charge in [-0.25, -0.2) is 8.42 Å². The van der Waals surface area contributed by atoms with Gasteiger partial charge < -0.3 is 5.32 Å². The molecule has 1 aliphatic carbocycles. The highest BCUT2D eigenvalue weighted by Crippen LogP contribution is 2.43. The van der Waals surface area contributed by atoms with Gasteiger partial charge in [0.25, 0.3) is 0 Å². The van der Waals surface area contributed by atoms with Gasteiger partial charge in [-0.15, -0.1) is 11.3 Å². The molecule has 2 aliphatic heterocycles. The maximum Gasteiger partial charge on any atom is 0.229 e. The molecule has 2 aromatic rings. The first-order valence-electron chi connectivity index (χ1n) is 13.4. The van der Waals surface area contributed by atoms with Gasteiger partial charge in [0.1, 0.15) is 11.1 Å². The first-order valence-corrected chi connectivity index (χ1v) is 15.8. The molecule has 0 atom stereocenters. The average Bonchev–Trinajstić information content (AvgIpc) is 3.22. The number of nitrogens with zero attached hydrogens (tertiary/aromatic N) is 2. The number of benzene rings is 1. The fourth-order valence-electron chi connectivity index (χ4n) is 6.41. The zero-order valence-electron chi connectivity index (χ0n) is 22.3. The summed E-state index contributed by atoms with van der Waals surface area (Å²) in [4.78, 5) is 17.2. The highest BCUT2D eigenvalue weighted by Gasteiger charge is 2.41. The summed E-state index contributed by atoms with van der Waals surface area (Å²) in [6.07, 6.45) is 7.58. The van der Waals surface area contributed by atoms with E-state index in [1.807, 2.05) is 19.9 Å². The molecule has 5 rings (SSSR count). The molecule has 6 nitrogen and oxygen atoms in total. The Bertz CT molecular complexity index is 1380. The van der Waals surface area contributed by atoms with Gasteiger partial charge in [-0.05, 0) is 49.8 Å². The lowest BCUT2D eigenvalue weighted by atomic mass is 9.84. The highest BCUT2D eigenvalue weighted by molar-refractivity contribution is 7.91. The van der Waals surface area contributed by atoms with Crippen molar-refractivity contribution in [3.63, 3.8) is 0 Å². The van der Waals surface area contributed by atoms with Crippen molar-refractivity contribution in [2.75, 3.05) is 17.6 Å². The maximum atomic E-state index is 13.1. The van der Waals surface area contributed by atoms with Crippen LogP contribution in [-0.2, 0) is 39.4 Å². The highest BCUT2D eigenvalue weighted by atomic mass is 32.2. The lowest BCUT2D eigenvalue weighted by Crippen LogP contribution is -2.50. The zero-order valence-corrected chi connectivity index (χ0v) is 23.9. The number of hydrogen-bond acceptors (Lipinski definition) is 6. The zero-order chi connectivity index (χ0) is 26.6. The Morgan fingerprint density at radius 3 is 2.62 bits per heavy atom. The van der Waals surface area contributed by atoms with Crippen molar-refractivity contribution in [3.8, 4) is 6.07 Å². The van der Waals surface area contributed by atoms with Gasteiger partial charge in [0.2, 0.25) is 5.91 Å². The molecule has 1 aromatic carbocycles. The summed E-state index contributed by atoms with van der Waals surface area (Å²) < 4.78 is 25.0. The first kappa shape index (κ1) is 26.4. The van der Waals surface area contributed by atoms with Crippen molar-refractivity contribution < 1.29 is 13.2 Å². The molecule has 0 spiro atoms. The third-order valence-electron chi connectivity index (χ3n) is 8.48. The summed E-state index contributed by atoms with van der Waals surface area (Å²) in [6, 6.07) is 7.60. The Hall–Kier alpha value is -2.21. The van der Waals surface area contributed by atoms with Crippen LogP contribution in [0.15, 0.2) is 23.1 Å². The molecule has 8 heteroatoms. The smallest absolute Gasteiger partial charge is 0.229 e. The quantitative estimate of drug-likeness (QED) is 0.535. The van der Waals surface area contributed by atoms with E-state index in [-0.39, 0.29) is 23.6 Å². The van der Waals surface area contributed by atoms with Crippen molar-refractivity contribution in [2.45, 2.75) is 95.0 Å². The Morgan fingerprint density at radius 1 is 1.19 bits per heavy atom. The summed E-state index contributed by atoms with van der Waals surface area (Å²) in [5.41, 5.74) is 2.77. The third kappa shape index (κ3) is 5.10. The Morgan fingerprint density at radius 2 is 1.92 bits per heavy atom. The second-order valence-electron chi connectivity index (χ2n) is 12.4. The second-order valence-corrected chi connectivity index (χ2v) is 15.5. The normalized spacial score (nSPS) is 22.1. The molecule has 0 saturated heterocycles. The van der Waals surface area contributed by atoms with Crippen LogP contribution >= 0.6 is 11.3 Å². The number of sulfone groups is 1. The predicted molar refractivity (Wildman–Crippen MR) is 148 cm³/mol. The van der Waals surface area contributed by atoms with Gasteiger partial charge >= 0.3 is 0 Å². The van der Waals surface area contributed by atoms with E-state index in [1.54, 1.807) is 12.1 Å². The summed E-state index contributed by atoms with van der Waals surface area (Å²) in [7, 11) is -3.28. The number of carbonyl (C=O) groups is 1. The largest absolute Gasteiger partial charge is 0.316 e. The van der Waals surface area contributed by atoms with Gasteiger partial charge in [-0.1, -0.05) is 45.2 Å². The molecular formula is C29H37N3O3S2. The van der Waals surface area contributed by atoms with E-state index >= 15 is 0 Å². The van der Waals surface area contributed by atoms with Crippen molar-refractivity contribution in [3.05, 3.63) is 45.3 Å². The molecule has 1 aromatic heterocycles. The molecule has 1 amide bonds. The van der Waals surface area contributed by atoms with E-state index < -0.39 is 15.3 Å². The molecule has 0 unspecified atom stereocenters. The topological polar surface area (TPSA) is 90.3 Å². The summed E-state index contributed by atoms with van der Waals surface area (Å²) >= 11 is 1.54. The Kier molecular flexibility index (Phi) is 6.79. The molecule has 198 valence electrons. The first-order chi connectivity index (χ1) is 17.4. The van der Waals surface area contributed by atoms with E-state index in [9.17, 15) is 18.5 Å². The number of hydrogen-bond donors (Lipinski definition) is 1. The molecule has 0 radical (unpaired) electrons. The Balaban J connectivity index is 1.33. The van der Waals surface area contributed by atoms with E-state index in [0.717, 1.165) is 42.1 Å². The number of anilines is 1. The number of nitriles is 1. The van der Waals surface area contributed by atoms with Crippen LogP contribution in [0.5, 0.6) is 0 Å². The van der Waals surface area contributed by atoms with Crippen molar-refractivity contribution in [2.24, 2.45) is 5.92 Å². The van der Waals surface area contributed by atoms with E-state index in [0.29, 0.717) is 15.5 Å². The van der Waals surface area contributed by atoms with Crippen LogP contribution in [0.4, 0.5) is 5.00 Å². The monoisotopic (exact) mass is 539 g/mol. The van der Waals surface area contributed by atoms with E-state index in [1.165, 1.54) is 48.3 Å². The molecule has 0 bridgehead atoms. The lowest BCUT2D eigenvalue weighted by molar-refractivity contribution is -0.115. The van der Waals surface area contributed by atoms with Crippen molar-refractivity contribution in [1.82, 2.24) is 4.90 Å². The van der Waals surface area contributed by atoms with Crippen LogP contribution in [0, 0.1) is 17.2 Å². The van der Waals surface area contributed by atoms with Crippen LogP contribution in [0.3, 0.4) is 0 Å². The minimum atomic E-state index is -3.28. The van der Waals surface area contributed by atoms with Gasteiger partial charge in [-0.3, -0.25) is 9.69 Å². The van der Waals surface area contributed by atoms with Crippen molar-refractivity contribution in [1.29, 1.82) is 5.26 Å². The van der Waals surface area contributed by atoms with Gasteiger partial charge in [-0.2, -0.15) is 5.26 Å². The van der Waals surface area contributed by atoms with Gasteiger partial charge in [0.05, 0.1) is 22.6 Å². The molecule has 1 fully saturated rings. The van der Waals surface area contributed by atoms with Gasteiger partial charge in [0.15, 0.2) is 9.84 Å². The molecule has 37 heavy (non-hydrogen) atoms. The summed E-state index contributed by atoms with van der Waals surface area (Å²) in [5, 5.41) is 13.7. The number of amides is 1. The minimum absolute atomic E-state index is 0.0147. The van der Waals surface area contributed by atoms with Crippen LogP contribution < -0.4 is 5.32 Å². The number of rotatable bonds is 5. The summed E-state index contributed by atoms with van der Waals surface area (Å²) in [5.74, 6) is 0.628. The molecule has 3 heterocycles. The molecule has 3 aliphatic rings. The number of fused-ring (bicyclic) bond motifs is 2. The fraction of sp³-hybridized carbons (Fsp3) is 0.586. The molecule has 1 saturated carbocycles. The maximum absolute atomic E-state index is 13.1. The average molecular weight is 540 g/mol. The number of carbonyl (C=O) groups excluding carboxylic acids is 1. The lowest BCUT2D eigenvalue weighted by Gasteiger charge is -2.44. The predicted octanol–water partition coefficient (Wildman–Crippen LogP) is 5.58. The SMILES string of the molecule is CC1(C)CS(=O)(=O)c2ccc(CC(=O)Nc3sc4c(c3C#N)CN(CC3CCCCC3)C(C)(C)C4)cc21. The molecule has 1 N–H and O–H groups in total. The van der Waals surface area contributed by atoms with E-state index in [4.69, 9.17) is 0 Å². The van der Waals surface area contributed by atoms with E-state index in [2.05, 4.69) is 30.1 Å². The number of thiophene rings is 1. The Labute approximate surface area is 225 Å². The van der Waals surface area contributed by atoms with Crippen LogP contribution in [0.1, 0.15) is 86.9 Å².